The van der Waals surface area contributed by atoms with Crippen LogP contribution in [0.25, 0.3) is 16.6 Å². The maximum Gasteiger partial charge on any atom is 0.137 e. The van der Waals surface area contributed by atoms with E-state index in [0.29, 0.717) is 0 Å². The summed E-state index contributed by atoms with van der Waals surface area (Å²) in [4.78, 5) is 4.65. The van der Waals surface area contributed by atoms with Crippen LogP contribution in [-0.2, 0) is 6.54 Å². The molecule has 0 unspecified atom stereocenters. The van der Waals surface area contributed by atoms with Gasteiger partial charge < -0.3 is 8.97 Å². The number of nitrogens with zero attached hydrogens (tertiary/aromatic N) is 3. The third-order valence-corrected chi connectivity index (χ3v) is 3.67. The summed E-state index contributed by atoms with van der Waals surface area (Å²) in [6, 6.07) is 14.8. The largest absolute Gasteiger partial charge is 0.341 e. The zero-order chi connectivity index (χ0) is 13.5. The van der Waals surface area contributed by atoms with Crippen molar-refractivity contribution < 1.29 is 0 Å². The van der Waals surface area contributed by atoms with E-state index in [4.69, 9.17) is 0 Å². The van der Waals surface area contributed by atoms with Crippen LogP contribution >= 0.6 is 0 Å². The lowest BCUT2D eigenvalue weighted by Gasteiger charge is -2.03. The molecule has 0 spiro atoms. The molecule has 1 aromatic carbocycles. The predicted octanol–water partition coefficient (Wildman–Crippen LogP) is 3.65. The second-order valence-electron chi connectivity index (χ2n) is 5.20. The van der Waals surface area contributed by atoms with Gasteiger partial charge in [-0.15, -0.1) is 0 Å². The molecular formula is C17H15N3. The first kappa shape index (κ1) is 11.3. The monoisotopic (exact) mass is 261 g/mol. The smallest absolute Gasteiger partial charge is 0.137 e. The standard InChI is InChI=1S/C17H15N3/c1-13-5-6-16-14(10-13)7-9-19(16)11-15-12-20-8-3-2-4-17(20)18-15/h2-10,12H,11H2,1H3. The normalized spacial score (nSPS) is 11.4. The van der Waals surface area contributed by atoms with E-state index in [9.17, 15) is 0 Å². The molecule has 0 radical (unpaired) electrons. The van der Waals surface area contributed by atoms with Crippen LogP contribution in [0.1, 0.15) is 11.3 Å². The predicted molar refractivity (Wildman–Crippen MR) is 81.0 cm³/mol. The highest BCUT2D eigenvalue weighted by Crippen LogP contribution is 2.18. The van der Waals surface area contributed by atoms with Crippen molar-refractivity contribution in [1.29, 1.82) is 0 Å². The molecule has 20 heavy (non-hydrogen) atoms. The average Bonchev–Trinajstić information content (AvgIpc) is 3.02. The van der Waals surface area contributed by atoms with Crippen molar-refractivity contribution in [2.24, 2.45) is 0 Å². The van der Waals surface area contributed by atoms with E-state index in [1.54, 1.807) is 0 Å². The number of hydrogen-bond donors (Lipinski definition) is 0. The SMILES string of the molecule is Cc1ccc2c(ccn2Cc2cn3ccccc3n2)c1. The average molecular weight is 261 g/mol. The molecule has 3 nitrogen and oxygen atoms in total. The van der Waals surface area contributed by atoms with E-state index in [2.05, 4.69) is 57.5 Å². The van der Waals surface area contributed by atoms with Gasteiger partial charge in [0.1, 0.15) is 5.65 Å². The van der Waals surface area contributed by atoms with Gasteiger partial charge in [-0.1, -0.05) is 17.7 Å². The molecule has 0 fully saturated rings. The zero-order valence-electron chi connectivity index (χ0n) is 11.3. The quantitative estimate of drug-likeness (QED) is 0.540. The summed E-state index contributed by atoms with van der Waals surface area (Å²) in [6.07, 6.45) is 6.26. The van der Waals surface area contributed by atoms with Crippen LogP contribution in [0, 0.1) is 6.92 Å². The Labute approximate surface area is 117 Å². The highest BCUT2D eigenvalue weighted by molar-refractivity contribution is 5.80. The first-order valence-electron chi connectivity index (χ1n) is 6.78. The molecule has 3 heteroatoms. The topological polar surface area (TPSA) is 22.2 Å². The fourth-order valence-corrected chi connectivity index (χ4v) is 2.70. The summed E-state index contributed by atoms with van der Waals surface area (Å²) in [5.74, 6) is 0. The van der Waals surface area contributed by atoms with E-state index in [0.717, 1.165) is 17.9 Å². The van der Waals surface area contributed by atoms with Crippen molar-refractivity contribution in [2.75, 3.05) is 0 Å². The van der Waals surface area contributed by atoms with Crippen molar-refractivity contribution in [2.45, 2.75) is 13.5 Å². The fourth-order valence-electron chi connectivity index (χ4n) is 2.70. The molecule has 0 saturated carbocycles. The lowest BCUT2D eigenvalue weighted by molar-refractivity contribution is 0.815. The summed E-state index contributed by atoms with van der Waals surface area (Å²) in [6.45, 7) is 2.92. The van der Waals surface area contributed by atoms with Gasteiger partial charge >= 0.3 is 0 Å². The molecular weight excluding hydrogens is 246 g/mol. The molecule has 0 atom stereocenters. The maximum atomic E-state index is 4.65. The second kappa shape index (κ2) is 4.23. The van der Waals surface area contributed by atoms with Crippen LogP contribution in [0.5, 0.6) is 0 Å². The number of imidazole rings is 1. The molecule has 4 rings (SSSR count). The van der Waals surface area contributed by atoms with Crippen molar-refractivity contribution in [3.63, 3.8) is 0 Å². The van der Waals surface area contributed by atoms with Gasteiger partial charge in [0, 0.05) is 24.1 Å². The molecule has 0 amide bonds. The van der Waals surface area contributed by atoms with Gasteiger partial charge in [0.05, 0.1) is 12.2 Å². The van der Waals surface area contributed by atoms with E-state index in [1.165, 1.54) is 16.5 Å². The molecule has 0 bridgehead atoms. The summed E-state index contributed by atoms with van der Waals surface area (Å²) >= 11 is 0. The Morgan fingerprint density at radius 3 is 2.90 bits per heavy atom. The van der Waals surface area contributed by atoms with Crippen LogP contribution in [-0.4, -0.2) is 14.0 Å². The third-order valence-electron chi connectivity index (χ3n) is 3.67. The van der Waals surface area contributed by atoms with Gasteiger partial charge in [-0.05, 0) is 42.6 Å². The van der Waals surface area contributed by atoms with Gasteiger partial charge in [-0.25, -0.2) is 4.98 Å². The highest BCUT2D eigenvalue weighted by atomic mass is 15.0. The lowest BCUT2D eigenvalue weighted by atomic mass is 10.2. The second-order valence-corrected chi connectivity index (χ2v) is 5.20. The summed E-state index contributed by atoms with van der Waals surface area (Å²) in [7, 11) is 0. The Kier molecular flexibility index (Phi) is 2.39. The van der Waals surface area contributed by atoms with Crippen molar-refractivity contribution in [1.82, 2.24) is 14.0 Å². The molecule has 98 valence electrons. The third kappa shape index (κ3) is 1.79. The van der Waals surface area contributed by atoms with Crippen LogP contribution in [0.4, 0.5) is 0 Å². The minimum absolute atomic E-state index is 0.800. The van der Waals surface area contributed by atoms with E-state index in [1.807, 2.05) is 24.4 Å². The molecule has 3 aromatic heterocycles. The van der Waals surface area contributed by atoms with E-state index < -0.39 is 0 Å². The lowest BCUT2D eigenvalue weighted by Crippen LogP contribution is -1.97. The summed E-state index contributed by atoms with van der Waals surface area (Å²) < 4.78 is 4.31. The number of pyridine rings is 1. The van der Waals surface area contributed by atoms with Gasteiger partial charge in [-0.2, -0.15) is 0 Å². The number of rotatable bonds is 2. The van der Waals surface area contributed by atoms with Crippen molar-refractivity contribution in [3.05, 3.63) is 72.3 Å². The Balaban J connectivity index is 1.76. The molecule has 0 aliphatic rings. The number of aryl methyl sites for hydroxylation is 1. The molecule has 0 aliphatic heterocycles. The number of aromatic nitrogens is 3. The zero-order valence-corrected chi connectivity index (χ0v) is 11.3. The molecule has 0 N–H and O–H groups in total. The Hall–Kier alpha value is -2.55. The molecule has 0 aliphatic carbocycles. The highest BCUT2D eigenvalue weighted by Gasteiger charge is 2.05. The van der Waals surface area contributed by atoms with Gasteiger partial charge in [0.25, 0.3) is 0 Å². The van der Waals surface area contributed by atoms with Gasteiger partial charge in [0.2, 0.25) is 0 Å². The van der Waals surface area contributed by atoms with Crippen LogP contribution < -0.4 is 0 Å². The van der Waals surface area contributed by atoms with Crippen LogP contribution in [0.15, 0.2) is 61.1 Å². The molecule has 0 saturated heterocycles. The fraction of sp³-hybridized carbons (Fsp3) is 0.118. The minimum Gasteiger partial charge on any atom is -0.341 e. The number of benzene rings is 1. The minimum atomic E-state index is 0.800. The Morgan fingerprint density at radius 2 is 2.00 bits per heavy atom. The van der Waals surface area contributed by atoms with Crippen molar-refractivity contribution >= 4 is 16.6 Å². The molecule has 4 aromatic rings. The van der Waals surface area contributed by atoms with E-state index >= 15 is 0 Å². The summed E-state index contributed by atoms with van der Waals surface area (Å²) in [5.41, 5.74) is 4.62. The number of hydrogen-bond acceptors (Lipinski definition) is 1. The first-order chi connectivity index (χ1) is 9.79. The van der Waals surface area contributed by atoms with E-state index in [-0.39, 0.29) is 0 Å². The first-order valence-corrected chi connectivity index (χ1v) is 6.78. The van der Waals surface area contributed by atoms with Crippen LogP contribution in [0.3, 0.4) is 0 Å². The van der Waals surface area contributed by atoms with Gasteiger partial charge in [0.15, 0.2) is 0 Å². The van der Waals surface area contributed by atoms with Crippen molar-refractivity contribution in [3.8, 4) is 0 Å². The number of fused-ring (bicyclic) bond motifs is 2. The Bertz CT molecular complexity index is 866. The maximum absolute atomic E-state index is 4.65. The van der Waals surface area contributed by atoms with Crippen LogP contribution in [0.2, 0.25) is 0 Å². The Morgan fingerprint density at radius 1 is 1.05 bits per heavy atom. The molecule has 3 heterocycles. The van der Waals surface area contributed by atoms with Gasteiger partial charge in [-0.3, -0.25) is 0 Å². The summed E-state index contributed by atoms with van der Waals surface area (Å²) in [5, 5.41) is 1.29.